The van der Waals surface area contributed by atoms with Crippen LogP contribution in [0.1, 0.15) is 52.0 Å². The zero-order valence-electron chi connectivity index (χ0n) is 13.7. The second kappa shape index (κ2) is 7.34. The molecule has 0 radical (unpaired) electrons. The number of ketones is 1. The van der Waals surface area contributed by atoms with E-state index in [-0.39, 0.29) is 5.92 Å². The Labute approximate surface area is 132 Å². The van der Waals surface area contributed by atoms with Crippen LogP contribution in [0.2, 0.25) is 0 Å². The van der Waals surface area contributed by atoms with Crippen molar-refractivity contribution in [2.75, 3.05) is 0 Å². The van der Waals surface area contributed by atoms with E-state index >= 15 is 0 Å². The molecule has 1 nitrogen and oxygen atoms in total. The lowest BCUT2D eigenvalue weighted by Crippen LogP contribution is -2.18. The van der Waals surface area contributed by atoms with Crippen LogP contribution < -0.4 is 0 Å². The highest BCUT2D eigenvalue weighted by molar-refractivity contribution is 5.81. The van der Waals surface area contributed by atoms with E-state index in [1.54, 1.807) is 0 Å². The number of hydrogen-bond donors (Lipinski definition) is 0. The summed E-state index contributed by atoms with van der Waals surface area (Å²) in [5.41, 5.74) is 0.642. The molecule has 0 saturated heterocycles. The van der Waals surface area contributed by atoms with Gasteiger partial charge in [0.15, 0.2) is 0 Å². The predicted molar refractivity (Wildman–Crippen MR) is 84.5 cm³/mol. The fourth-order valence-electron chi connectivity index (χ4n) is 3.17. The average molecular weight is 308 g/mol. The number of benzene rings is 1. The second-order valence-electron chi connectivity index (χ2n) is 7.29. The van der Waals surface area contributed by atoms with Crippen LogP contribution >= 0.6 is 0 Å². The summed E-state index contributed by atoms with van der Waals surface area (Å²) in [4.78, 5) is 12.4. The molecule has 1 aromatic rings. The first-order valence-electron chi connectivity index (χ1n) is 8.32. The van der Waals surface area contributed by atoms with Crippen LogP contribution in [0.3, 0.4) is 0 Å². The molecular weight excluding hydrogens is 282 g/mol. The van der Waals surface area contributed by atoms with Crippen LogP contribution in [0, 0.1) is 35.3 Å². The van der Waals surface area contributed by atoms with Gasteiger partial charge in [0.25, 0.3) is 0 Å². The van der Waals surface area contributed by atoms with Gasteiger partial charge in [-0.25, -0.2) is 8.78 Å². The van der Waals surface area contributed by atoms with Gasteiger partial charge in [0, 0.05) is 18.4 Å². The molecule has 3 atom stereocenters. The van der Waals surface area contributed by atoms with Crippen molar-refractivity contribution in [1.82, 2.24) is 0 Å². The average Bonchev–Trinajstić information content (AvgIpc) is 3.08. The lowest BCUT2D eigenvalue weighted by Gasteiger charge is -2.17. The van der Waals surface area contributed by atoms with Gasteiger partial charge in [-0.05, 0) is 61.1 Å². The quantitative estimate of drug-likeness (QED) is 0.647. The van der Waals surface area contributed by atoms with Crippen LogP contribution in [0.5, 0.6) is 0 Å². The monoisotopic (exact) mass is 308 g/mol. The van der Waals surface area contributed by atoms with Crippen molar-refractivity contribution in [2.45, 2.75) is 52.9 Å². The fourth-order valence-corrected chi connectivity index (χ4v) is 3.17. The Bertz CT molecular complexity index is 504. The van der Waals surface area contributed by atoms with Crippen molar-refractivity contribution in [3.05, 3.63) is 35.4 Å². The Hall–Kier alpha value is -1.25. The van der Waals surface area contributed by atoms with Crippen LogP contribution in [-0.4, -0.2) is 5.78 Å². The molecular formula is C19H26F2O. The van der Waals surface area contributed by atoms with E-state index in [1.165, 1.54) is 18.6 Å². The van der Waals surface area contributed by atoms with E-state index in [4.69, 9.17) is 0 Å². The molecule has 122 valence electrons. The number of carbonyl (C=O) groups excluding carboxylic acids is 1. The minimum atomic E-state index is -0.545. The molecule has 0 amide bonds. The first kappa shape index (κ1) is 17.1. The highest BCUT2D eigenvalue weighted by Gasteiger charge is 2.36. The molecule has 3 heteroatoms. The van der Waals surface area contributed by atoms with Gasteiger partial charge in [-0.1, -0.05) is 20.8 Å². The number of halogens is 2. The Morgan fingerprint density at radius 2 is 1.82 bits per heavy atom. The smallest absolute Gasteiger partial charge is 0.136 e. The van der Waals surface area contributed by atoms with E-state index in [2.05, 4.69) is 20.8 Å². The molecule has 0 N–H and O–H groups in total. The summed E-state index contributed by atoms with van der Waals surface area (Å²) in [5, 5.41) is 0. The van der Waals surface area contributed by atoms with E-state index in [9.17, 15) is 13.6 Å². The number of rotatable bonds is 8. The van der Waals surface area contributed by atoms with Crippen LogP contribution in [0.4, 0.5) is 8.78 Å². The van der Waals surface area contributed by atoms with Gasteiger partial charge in [-0.3, -0.25) is 4.79 Å². The van der Waals surface area contributed by atoms with E-state index in [0.29, 0.717) is 42.4 Å². The van der Waals surface area contributed by atoms with E-state index in [1.807, 2.05) is 0 Å². The number of Topliss-reactive ketones (excluding diaryl/α,β-unsaturated/α-hetero) is 1. The van der Waals surface area contributed by atoms with E-state index < -0.39 is 11.6 Å². The lowest BCUT2D eigenvalue weighted by atomic mass is 9.87. The molecule has 0 aliphatic heterocycles. The Balaban J connectivity index is 1.97. The van der Waals surface area contributed by atoms with Crippen LogP contribution in [0.25, 0.3) is 0 Å². The molecule has 1 aliphatic rings. The van der Waals surface area contributed by atoms with Crippen molar-refractivity contribution < 1.29 is 13.6 Å². The maximum Gasteiger partial charge on any atom is 0.136 e. The maximum absolute atomic E-state index is 13.2. The largest absolute Gasteiger partial charge is 0.299 e. The van der Waals surface area contributed by atoms with Crippen molar-refractivity contribution in [3.63, 3.8) is 0 Å². The first-order valence-corrected chi connectivity index (χ1v) is 8.32. The summed E-state index contributed by atoms with van der Waals surface area (Å²) < 4.78 is 26.5. The highest BCUT2D eigenvalue weighted by atomic mass is 19.1. The number of hydrogen-bond acceptors (Lipinski definition) is 1. The topological polar surface area (TPSA) is 17.1 Å². The molecule has 2 rings (SSSR count). The van der Waals surface area contributed by atoms with Crippen molar-refractivity contribution in [3.8, 4) is 0 Å². The third-order valence-corrected chi connectivity index (χ3v) is 4.63. The Morgan fingerprint density at radius 1 is 1.23 bits per heavy atom. The van der Waals surface area contributed by atoms with Gasteiger partial charge in [0.2, 0.25) is 0 Å². The number of aryl methyl sites for hydroxylation is 1. The predicted octanol–water partition coefficient (Wildman–Crippen LogP) is 5.17. The molecule has 0 bridgehead atoms. The summed E-state index contributed by atoms with van der Waals surface area (Å²) in [6, 6.07) is 3.62. The zero-order valence-corrected chi connectivity index (χ0v) is 13.7. The fraction of sp³-hybridized carbons (Fsp3) is 0.632. The third kappa shape index (κ3) is 5.19. The molecule has 1 aromatic carbocycles. The summed E-state index contributed by atoms with van der Waals surface area (Å²) in [7, 11) is 0. The van der Waals surface area contributed by atoms with Crippen LogP contribution in [-0.2, 0) is 11.2 Å². The van der Waals surface area contributed by atoms with Gasteiger partial charge in [-0.15, -0.1) is 0 Å². The number of carbonyl (C=O) groups is 1. The van der Waals surface area contributed by atoms with Crippen molar-refractivity contribution >= 4 is 5.78 Å². The zero-order chi connectivity index (χ0) is 16.3. The minimum Gasteiger partial charge on any atom is -0.299 e. The molecule has 1 fully saturated rings. The van der Waals surface area contributed by atoms with Crippen molar-refractivity contribution in [2.24, 2.45) is 23.7 Å². The van der Waals surface area contributed by atoms with E-state index in [0.717, 1.165) is 18.4 Å². The maximum atomic E-state index is 13.2. The van der Waals surface area contributed by atoms with Gasteiger partial charge >= 0.3 is 0 Å². The van der Waals surface area contributed by atoms with Gasteiger partial charge in [0.1, 0.15) is 17.4 Å². The standard InChI is InChI=1S/C19H26F2O/c1-12(2)6-19(22)15(10-16-7-13(16)3)5-4-14-8-17(20)11-18(21)9-14/h8-9,11-13,15-16H,4-7,10H2,1-3H3. The molecule has 0 spiro atoms. The molecule has 0 aromatic heterocycles. The molecule has 3 unspecified atom stereocenters. The lowest BCUT2D eigenvalue weighted by molar-refractivity contribution is -0.124. The second-order valence-corrected chi connectivity index (χ2v) is 7.29. The minimum absolute atomic E-state index is 0.0312. The van der Waals surface area contributed by atoms with Gasteiger partial charge in [0.05, 0.1) is 0 Å². The summed E-state index contributed by atoms with van der Waals surface area (Å²) in [6.07, 6.45) is 4.00. The summed E-state index contributed by atoms with van der Waals surface area (Å²) >= 11 is 0. The molecule has 22 heavy (non-hydrogen) atoms. The van der Waals surface area contributed by atoms with Gasteiger partial charge < -0.3 is 0 Å². The van der Waals surface area contributed by atoms with Crippen molar-refractivity contribution in [1.29, 1.82) is 0 Å². The molecule has 1 saturated carbocycles. The van der Waals surface area contributed by atoms with Gasteiger partial charge in [-0.2, -0.15) is 0 Å². The Kier molecular flexibility index (Phi) is 5.71. The first-order chi connectivity index (χ1) is 10.3. The van der Waals surface area contributed by atoms with Crippen LogP contribution in [0.15, 0.2) is 18.2 Å². The highest BCUT2D eigenvalue weighted by Crippen LogP contribution is 2.43. The normalized spacial score (nSPS) is 21.9. The summed E-state index contributed by atoms with van der Waals surface area (Å²) in [6.45, 7) is 6.32. The SMILES string of the molecule is CC(C)CC(=O)C(CCc1cc(F)cc(F)c1)CC1CC1C. The summed E-state index contributed by atoms with van der Waals surface area (Å²) in [5.74, 6) is 0.992. The molecule has 1 aliphatic carbocycles. The Morgan fingerprint density at radius 3 is 2.32 bits per heavy atom. The molecule has 0 heterocycles. The third-order valence-electron chi connectivity index (χ3n) is 4.63.